The number of hydrogen-bond acceptors (Lipinski definition) is 3. The molecule has 1 N–H and O–H groups in total. The molecule has 3 heteroatoms. The number of rotatable bonds is 2. The molecular weight excluding hydrogens is 226 g/mol. The van der Waals surface area contributed by atoms with Gasteiger partial charge in [0.1, 0.15) is 5.52 Å². The van der Waals surface area contributed by atoms with Crippen molar-refractivity contribution in [2.45, 2.75) is 13.5 Å². The molecule has 0 amide bonds. The molecule has 0 unspecified atom stereocenters. The van der Waals surface area contributed by atoms with Gasteiger partial charge in [-0.15, -0.1) is 0 Å². The number of aromatic nitrogens is 1. The standard InChI is InChI=1S/C15H13NO2/c1-10-7-12(9-17)14-13(8-10)18-15(16-14)11-5-3-2-4-6-11/h2-8,17H,9H2,1H3. The van der Waals surface area contributed by atoms with E-state index < -0.39 is 0 Å². The number of benzene rings is 2. The monoisotopic (exact) mass is 239 g/mol. The molecule has 1 aromatic heterocycles. The van der Waals surface area contributed by atoms with E-state index in [-0.39, 0.29) is 6.61 Å². The van der Waals surface area contributed by atoms with E-state index in [1.54, 1.807) is 0 Å². The quantitative estimate of drug-likeness (QED) is 0.746. The molecule has 0 aliphatic heterocycles. The Morgan fingerprint density at radius 2 is 1.94 bits per heavy atom. The number of aliphatic hydroxyl groups excluding tert-OH is 1. The van der Waals surface area contributed by atoms with Crippen LogP contribution in [0.2, 0.25) is 0 Å². The maximum absolute atomic E-state index is 9.36. The lowest BCUT2D eigenvalue weighted by Crippen LogP contribution is -1.87. The lowest BCUT2D eigenvalue weighted by atomic mass is 10.1. The molecule has 0 fully saturated rings. The van der Waals surface area contributed by atoms with E-state index in [9.17, 15) is 5.11 Å². The summed E-state index contributed by atoms with van der Waals surface area (Å²) in [6, 6.07) is 13.6. The summed E-state index contributed by atoms with van der Waals surface area (Å²) in [5, 5.41) is 9.36. The highest BCUT2D eigenvalue weighted by atomic mass is 16.3. The van der Waals surface area contributed by atoms with E-state index in [1.807, 2.05) is 49.4 Å². The topological polar surface area (TPSA) is 46.3 Å². The Balaban J connectivity index is 2.23. The van der Waals surface area contributed by atoms with Gasteiger partial charge in [0.25, 0.3) is 0 Å². The van der Waals surface area contributed by atoms with Gasteiger partial charge in [-0.3, -0.25) is 0 Å². The molecule has 0 atom stereocenters. The molecule has 0 radical (unpaired) electrons. The second kappa shape index (κ2) is 4.27. The maximum atomic E-state index is 9.36. The zero-order valence-electron chi connectivity index (χ0n) is 10.1. The molecule has 3 nitrogen and oxygen atoms in total. The predicted octanol–water partition coefficient (Wildman–Crippen LogP) is 3.30. The lowest BCUT2D eigenvalue weighted by Gasteiger charge is -1.97. The van der Waals surface area contributed by atoms with E-state index >= 15 is 0 Å². The average Bonchev–Trinajstić information content (AvgIpc) is 2.82. The second-order valence-corrected chi connectivity index (χ2v) is 4.31. The van der Waals surface area contributed by atoms with Crippen molar-refractivity contribution in [1.29, 1.82) is 0 Å². The van der Waals surface area contributed by atoms with Crippen molar-refractivity contribution in [1.82, 2.24) is 4.98 Å². The van der Waals surface area contributed by atoms with Crippen LogP contribution in [0.15, 0.2) is 46.9 Å². The van der Waals surface area contributed by atoms with Gasteiger partial charge in [0, 0.05) is 11.1 Å². The summed E-state index contributed by atoms with van der Waals surface area (Å²) >= 11 is 0. The minimum atomic E-state index is -0.0288. The molecule has 0 spiro atoms. The van der Waals surface area contributed by atoms with Crippen LogP contribution >= 0.6 is 0 Å². The molecule has 0 aliphatic carbocycles. The maximum Gasteiger partial charge on any atom is 0.227 e. The molecule has 0 saturated carbocycles. The molecule has 0 bridgehead atoms. The molecule has 90 valence electrons. The van der Waals surface area contributed by atoms with Crippen molar-refractivity contribution in [3.63, 3.8) is 0 Å². The minimum Gasteiger partial charge on any atom is -0.436 e. The van der Waals surface area contributed by atoms with Gasteiger partial charge in [-0.25, -0.2) is 4.98 Å². The summed E-state index contributed by atoms with van der Waals surface area (Å²) in [6.45, 7) is 1.95. The lowest BCUT2D eigenvalue weighted by molar-refractivity contribution is 0.283. The van der Waals surface area contributed by atoms with E-state index in [1.165, 1.54) is 0 Å². The Morgan fingerprint density at radius 1 is 1.17 bits per heavy atom. The molecule has 1 heterocycles. The molecule has 0 aliphatic rings. The van der Waals surface area contributed by atoms with Crippen LogP contribution in [0.3, 0.4) is 0 Å². The summed E-state index contributed by atoms with van der Waals surface area (Å²) in [7, 11) is 0. The minimum absolute atomic E-state index is 0.0288. The molecule has 3 aromatic rings. The molecule has 0 saturated heterocycles. The Morgan fingerprint density at radius 3 is 2.67 bits per heavy atom. The van der Waals surface area contributed by atoms with Crippen LogP contribution in [0.5, 0.6) is 0 Å². The molecule has 18 heavy (non-hydrogen) atoms. The zero-order valence-corrected chi connectivity index (χ0v) is 10.1. The van der Waals surface area contributed by atoms with Gasteiger partial charge in [-0.05, 0) is 30.7 Å². The first-order valence-electron chi connectivity index (χ1n) is 5.84. The summed E-state index contributed by atoms with van der Waals surface area (Å²) in [6.07, 6.45) is 0. The van der Waals surface area contributed by atoms with Gasteiger partial charge in [-0.2, -0.15) is 0 Å². The first-order chi connectivity index (χ1) is 8.78. The summed E-state index contributed by atoms with van der Waals surface area (Å²) in [5.41, 5.74) is 4.26. The van der Waals surface area contributed by atoms with Crippen LogP contribution < -0.4 is 0 Å². The van der Waals surface area contributed by atoms with Crippen LogP contribution in [0.25, 0.3) is 22.6 Å². The first-order valence-corrected chi connectivity index (χ1v) is 5.84. The second-order valence-electron chi connectivity index (χ2n) is 4.31. The van der Waals surface area contributed by atoms with Crippen molar-refractivity contribution in [3.05, 3.63) is 53.6 Å². The Kier molecular flexibility index (Phi) is 2.61. The zero-order chi connectivity index (χ0) is 12.5. The Labute approximate surface area is 105 Å². The normalized spacial score (nSPS) is 11.0. The van der Waals surface area contributed by atoms with Crippen molar-refractivity contribution in [3.8, 4) is 11.5 Å². The highest BCUT2D eigenvalue weighted by Crippen LogP contribution is 2.27. The van der Waals surface area contributed by atoms with Gasteiger partial charge in [0.2, 0.25) is 5.89 Å². The highest BCUT2D eigenvalue weighted by Gasteiger charge is 2.11. The van der Waals surface area contributed by atoms with Gasteiger partial charge in [-0.1, -0.05) is 24.3 Å². The number of hydrogen-bond donors (Lipinski definition) is 1. The third kappa shape index (κ3) is 1.79. The Hall–Kier alpha value is -2.13. The van der Waals surface area contributed by atoms with Gasteiger partial charge < -0.3 is 9.52 Å². The van der Waals surface area contributed by atoms with Crippen molar-refractivity contribution < 1.29 is 9.52 Å². The SMILES string of the molecule is Cc1cc(CO)c2nc(-c3ccccc3)oc2c1. The number of nitrogens with zero attached hydrogens (tertiary/aromatic N) is 1. The van der Waals surface area contributed by atoms with Crippen LogP contribution in [0.4, 0.5) is 0 Å². The highest BCUT2D eigenvalue weighted by molar-refractivity contribution is 5.80. The molecule has 3 rings (SSSR count). The third-order valence-electron chi connectivity index (χ3n) is 2.91. The summed E-state index contributed by atoms with van der Waals surface area (Å²) in [5.74, 6) is 0.589. The fourth-order valence-electron chi connectivity index (χ4n) is 2.08. The third-order valence-corrected chi connectivity index (χ3v) is 2.91. The fourth-order valence-corrected chi connectivity index (χ4v) is 2.08. The molecular formula is C15H13NO2. The van der Waals surface area contributed by atoms with E-state index in [4.69, 9.17) is 4.42 Å². The summed E-state index contributed by atoms with van der Waals surface area (Å²) < 4.78 is 5.76. The van der Waals surface area contributed by atoms with Crippen LogP contribution in [-0.4, -0.2) is 10.1 Å². The van der Waals surface area contributed by atoms with Crippen LogP contribution in [0.1, 0.15) is 11.1 Å². The number of fused-ring (bicyclic) bond motifs is 1. The van der Waals surface area contributed by atoms with E-state index in [0.717, 1.165) is 27.8 Å². The van der Waals surface area contributed by atoms with Gasteiger partial charge >= 0.3 is 0 Å². The molecule has 2 aromatic carbocycles. The smallest absolute Gasteiger partial charge is 0.227 e. The van der Waals surface area contributed by atoms with E-state index in [0.29, 0.717) is 5.89 Å². The first kappa shape index (κ1) is 11.0. The Bertz CT molecular complexity index is 686. The average molecular weight is 239 g/mol. The predicted molar refractivity (Wildman–Crippen MR) is 70.1 cm³/mol. The number of oxazole rings is 1. The fraction of sp³-hybridized carbons (Fsp3) is 0.133. The van der Waals surface area contributed by atoms with E-state index in [2.05, 4.69) is 4.98 Å². The summed E-state index contributed by atoms with van der Waals surface area (Å²) in [4.78, 5) is 4.47. The largest absolute Gasteiger partial charge is 0.436 e. The van der Waals surface area contributed by atoms with Crippen LogP contribution in [-0.2, 0) is 6.61 Å². The number of aryl methyl sites for hydroxylation is 1. The van der Waals surface area contributed by atoms with Crippen molar-refractivity contribution >= 4 is 11.1 Å². The number of aliphatic hydroxyl groups is 1. The van der Waals surface area contributed by atoms with Crippen LogP contribution in [0, 0.1) is 6.92 Å². The van der Waals surface area contributed by atoms with Gasteiger partial charge in [0.15, 0.2) is 5.58 Å². The van der Waals surface area contributed by atoms with Crippen molar-refractivity contribution in [2.75, 3.05) is 0 Å². The van der Waals surface area contributed by atoms with Crippen molar-refractivity contribution in [2.24, 2.45) is 0 Å². The van der Waals surface area contributed by atoms with Gasteiger partial charge in [0.05, 0.1) is 6.61 Å².